The van der Waals surface area contributed by atoms with E-state index in [1.807, 2.05) is 18.2 Å². The van der Waals surface area contributed by atoms with E-state index < -0.39 is 6.86 Å². The van der Waals surface area contributed by atoms with Gasteiger partial charge in [-0.3, -0.25) is 0 Å². The molecule has 0 spiro atoms. The third-order valence-corrected chi connectivity index (χ3v) is 2.63. The highest BCUT2D eigenvalue weighted by molar-refractivity contribution is 5.28. The first kappa shape index (κ1) is 12.1. The second-order valence-corrected chi connectivity index (χ2v) is 3.82. The SMILES string of the molecule is C=CC1COC(c2ccc(OCF)cc2)OC1. The molecule has 0 radical (unpaired) electrons. The van der Waals surface area contributed by atoms with E-state index in [2.05, 4.69) is 6.58 Å². The maximum atomic E-state index is 11.9. The number of ether oxygens (including phenoxy) is 3. The molecule has 2 rings (SSSR count). The van der Waals surface area contributed by atoms with Crippen LogP contribution >= 0.6 is 0 Å². The van der Waals surface area contributed by atoms with Gasteiger partial charge in [-0.25, -0.2) is 4.39 Å². The molecule has 4 heteroatoms. The fourth-order valence-corrected chi connectivity index (χ4v) is 1.63. The summed E-state index contributed by atoms with van der Waals surface area (Å²) in [6, 6.07) is 7.01. The average molecular weight is 238 g/mol. The lowest BCUT2D eigenvalue weighted by atomic mass is 10.1. The first-order valence-corrected chi connectivity index (χ1v) is 5.48. The number of alkyl halides is 1. The normalized spacial score (nSPS) is 24.3. The largest absolute Gasteiger partial charge is 0.463 e. The van der Waals surface area contributed by atoms with Crippen LogP contribution in [0.15, 0.2) is 36.9 Å². The quantitative estimate of drug-likeness (QED) is 0.755. The van der Waals surface area contributed by atoms with Crippen molar-refractivity contribution >= 4 is 0 Å². The standard InChI is InChI=1S/C13H15FO3/c1-2-10-7-15-13(16-8-10)11-3-5-12(6-4-11)17-9-14/h2-6,10,13H,1,7-9H2. The molecule has 0 unspecified atom stereocenters. The van der Waals surface area contributed by atoms with Crippen LogP contribution < -0.4 is 4.74 Å². The molecule has 1 aromatic rings. The van der Waals surface area contributed by atoms with Gasteiger partial charge in [-0.1, -0.05) is 18.2 Å². The van der Waals surface area contributed by atoms with E-state index in [9.17, 15) is 4.39 Å². The Bertz CT molecular complexity index is 355. The number of hydrogen-bond donors (Lipinski definition) is 0. The summed E-state index contributed by atoms with van der Waals surface area (Å²) in [4.78, 5) is 0. The van der Waals surface area contributed by atoms with Crippen molar-refractivity contribution in [1.29, 1.82) is 0 Å². The summed E-state index contributed by atoms with van der Waals surface area (Å²) in [5.41, 5.74) is 0.902. The lowest BCUT2D eigenvalue weighted by Crippen LogP contribution is -2.25. The molecule has 1 fully saturated rings. The molecule has 0 saturated carbocycles. The Morgan fingerprint density at radius 1 is 1.29 bits per heavy atom. The van der Waals surface area contributed by atoms with Crippen molar-refractivity contribution in [3.8, 4) is 5.75 Å². The first-order valence-electron chi connectivity index (χ1n) is 5.48. The van der Waals surface area contributed by atoms with Crippen LogP contribution in [0.2, 0.25) is 0 Å². The van der Waals surface area contributed by atoms with Crippen molar-refractivity contribution < 1.29 is 18.6 Å². The summed E-state index contributed by atoms with van der Waals surface area (Å²) in [7, 11) is 0. The fraction of sp³-hybridized carbons (Fsp3) is 0.385. The summed E-state index contributed by atoms with van der Waals surface area (Å²) in [6.07, 6.45) is 1.47. The second kappa shape index (κ2) is 5.80. The molecule has 17 heavy (non-hydrogen) atoms. The third-order valence-electron chi connectivity index (χ3n) is 2.63. The number of rotatable bonds is 4. The predicted molar refractivity (Wildman–Crippen MR) is 61.4 cm³/mol. The first-order chi connectivity index (χ1) is 8.33. The van der Waals surface area contributed by atoms with Gasteiger partial charge in [-0.2, -0.15) is 0 Å². The Labute approximate surface area is 99.8 Å². The molecule has 0 aromatic heterocycles. The number of hydrogen-bond acceptors (Lipinski definition) is 3. The molecule has 0 amide bonds. The fourth-order valence-electron chi connectivity index (χ4n) is 1.63. The Hall–Kier alpha value is -1.39. The Morgan fingerprint density at radius 3 is 2.47 bits per heavy atom. The number of benzene rings is 1. The maximum absolute atomic E-state index is 11.9. The average Bonchev–Trinajstić information content (AvgIpc) is 2.40. The van der Waals surface area contributed by atoms with Crippen molar-refractivity contribution in [2.75, 3.05) is 20.1 Å². The highest BCUT2D eigenvalue weighted by Crippen LogP contribution is 2.26. The molecular weight excluding hydrogens is 223 g/mol. The van der Waals surface area contributed by atoms with Crippen molar-refractivity contribution in [3.05, 3.63) is 42.5 Å². The van der Waals surface area contributed by atoms with Crippen molar-refractivity contribution in [2.45, 2.75) is 6.29 Å². The minimum Gasteiger partial charge on any atom is -0.463 e. The van der Waals surface area contributed by atoms with E-state index in [1.54, 1.807) is 12.1 Å². The van der Waals surface area contributed by atoms with E-state index >= 15 is 0 Å². The molecule has 0 bridgehead atoms. The molecule has 1 aromatic carbocycles. The van der Waals surface area contributed by atoms with E-state index in [0.29, 0.717) is 19.0 Å². The zero-order valence-corrected chi connectivity index (χ0v) is 9.47. The van der Waals surface area contributed by atoms with Crippen LogP contribution in [-0.4, -0.2) is 20.1 Å². The van der Waals surface area contributed by atoms with Crippen LogP contribution in [0.25, 0.3) is 0 Å². The lowest BCUT2D eigenvalue weighted by Gasteiger charge is -2.28. The molecule has 0 N–H and O–H groups in total. The van der Waals surface area contributed by atoms with Gasteiger partial charge in [0.25, 0.3) is 0 Å². The van der Waals surface area contributed by atoms with Crippen LogP contribution in [0.4, 0.5) is 4.39 Å². The van der Waals surface area contributed by atoms with Gasteiger partial charge in [0.15, 0.2) is 6.29 Å². The molecule has 1 aliphatic heterocycles. The van der Waals surface area contributed by atoms with Crippen molar-refractivity contribution in [2.24, 2.45) is 5.92 Å². The van der Waals surface area contributed by atoms with Crippen LogP contribution in [0.1, 0.15) is 11.9 Å². The van der Waals surface area contributed by atoms with Gasteiger partial charge >= 0.3 is 0 Å². The second-order valence-electron chi connectivity index (χ2n) is 3.82. The van der Waals surface area contributed by atoms with Gasteiger partial charge in [0, 0.05) is 11.5 Å². The monoisotopic (exact) mass is 238 g/mol. The Kier molecular flexibility index (Phi) is 4.12. The topological polar surface area (TPSA) is 27.7 Å². The van der Waals surface area contributed by atoms with Crippen LogP contribution in [0.3, 0.4) is 0 Å². The zero-order chi connectivity index (χ0) is 12.1. The molecule has 3 nitrogen and oxygen atoms in total. The molecule has 1 heterocycles. The summed E-state index contributed by atoms with van der Waals surface area (Å²) in [5, 5.41) is 0. The van der Waals surface area contributed by atoms with E-state index in [1.165, 1.54) is 0 Å². The van der Waals surface area contributed by atoms with Gasteiger partial charge in [0.1, 0.15) is 5.75 Å². The molecular formula is C13H15FO3. The Balaban J connectivity index is 1.96. The molecule has 1 saturated heterocycles. The van der Waals surface area contributed by atoms with Gasteiger partial charge in [-0.05, 0) is 12.1 Å². The summed E-state index contributed by atoms with van der Waals surface area (Å²) in [5.74, 6) is 0.747. The van der Waals surface area contributed by atoms with Crippen molar-refractivity contribution in [3.63, 3.8) is 0 Å². The van der Waals surface area contributed by atoms with Gasteiger partial charge < -0.3 is 14.2 Å². The highest BCUT2D eigenvalue weighted by atomic mass is 19.1. The van der Waals surface area contributed by atoms with E-state index in [-0.39, 0.29) is 12.2 Å². The van der Waals surface area contributed by atoms with Gasteiger partial charge in [-0.15, -0.1) is 6.58 Å². The van der Waals surface area contributed by atoms with Crippen molar-refractivity contribution in [1.82, 2.24) is 0 Å². The zero-order valence-electron chi connectivity index (χ0n) is 9.47. The summed E-state index contributed by atoms with van der Waals surface area (Å²) in [6.45, 7) is 4.10. The minimum absolute atomic E-state index is 0.250. The minimum atomic E-state index is -0.823. The summed E-state index contributed by atoms with van der Waals surface area (Å²) < 4.78 is 27.8. The molecule has 1 aliphatic rings. The molecule has 0 atom stereocenters. The van der Waals surface area contributed by atoms with E-state index in [0.717, 1.165) is 5.56 Å². The predicted octanol–water partition coefficient (Wildman–Crippen LogP) is 2.84. The molecule has 92 valence electrons. The number of halogens is 1. The van der Waals surface area contributed by atoms with Crippen LogP contribution in [0, 0.1) is 5.92 Å². The molecule has 0 aliphatic carbocycles. The maximum Gasteiger partial charge on any atom is 0.228 e. The van der Waals surface area contributed by atoms with Gasteiger partial charge in [0.2, 0.25) is 6.86 Å². The van der Waals surface area contributed by atoms with Crippen LogP contribution in [-0.2, 0) is 9.47 Å². The van der Waals surface area contributed by atoms with Crippen LogP contribution in [0.5, 0.6) is 5.75 Å². The third kappa shape index (κ3) is 3.05. The summed E-state index contributed by atoms with van der Waals surface area (Å²) >= 11 is 0. The smallest absolute Gasteiger partial charge is 0.228 e. The Morgan fingerprint density at radius 2 is 1.94 bits per heavy atom. The lowest BCUT2D eigenvalue weighted by molar-refractivity contribution is -0.197. The van der Waals surface area contributed by atoms with E-state index in [4.69, 9.17) is 14.2 Å². The van der Waals surface area contributed by atoms with Gasteiger partial charge in [0.05, 0.1) is 13.2 Å². The highest BCUT2D eigenvalue weighted by Gasteiger charge is 2.21.